The number of hydrogen-bond donors (Lipinski definition) is 1. The Morgan fingerprint density at radius 3 is 2.68 bits per heavy atom. The third kappa shape index (κ3) is 3.16. The molecule has 0 bridgehead atoms. The minimum atomic E-state index is -3.57. The minimum Gasteiger partial charge on any atom is -0.337 e. The summed E-state index contributed by atoms with van der Waals surface area (Å²) in [6.45, 7) is 4.74. The van der Waals surface area contributed by atoms with Crippen molar-refractivity contribution in [3.05, 3.63) is 21.4 Å². The number of aryl methyl sites for hydroxylation is 2. The highest BCUT2D eigenvalue weighted by molar-refractivity contribution is 7.89. The molecule has 0 aromatic carbocycles. The Hall–Kier alpha value is -0.920. The van der Waals surface area contributed by atoms with Crippen molar-refractivity contribution in [1.82, 2.24) is 4.90 Å². The summed E-state index contributed by atoms with van der Waals surface area (Å²) in [7, 11) is -3.57. The van der Waals surface area contributed by atoms with Crippen LogP contribution in [0.25, 0.3) is 0 Å². The first kappa shape index (κ1) is 14.5. The normalized spacial score (nSPS) is 20.6. The number of nitrogens with zero attached hydrogens (tertiary/aromatic N) is 1. The van der Waals surface area contributed by atoms with E-state index < -0.39 is 15.3 Å². The van der Waals surface area contributed by atoms with Gasteiger partial charge in [-0.25, -0.2) is 13.6 Å². The van der Waals surface area contributed by atoms with Crippen molar-refractivity contribution in [3.8, 4) is 0 Å². The molecule has 0 saturated carbocycles. The molecule has 1 aliphatic rings. The number of piperidine rings is 1. The number of sulfonamides is 1. The molecule has 2 heterocycles. The second kappa shape index (κ2) is 5.22. The van der Waals surface area contributed by atoms with Crippen molar-refractivity contribution in [3.63, 3.8) is 0 Å². The molecule has 0 aliphatic carbocycles. The summed E-state index contributed by atoms with van der Waals surface area (Å²) in [5, 5.41) is 4.54. The van der Waals surface area contributed by atoms with Crippen LogP contribution in [0.1, 0.15) is 33.0 Å². The minimum absolute atomic E-state index is 0.0884. The van der Waals surface area contributed by atoms with Crippen LogP contribution in [0.15, 0.2) is 6.07 Å². The molecule has 19 heavy (non-hydrogen) atoms. The van der Waals surface area contributed by atoms with Gasteiger partial charge in [0, 0.05) is 18.0 Å². The number of nitrogens with two attached hydrogens (primary N) is 1. The molecule has 0 spiro atoms. The van der Waals surface area contributed by atoms with E-state index >= 15 is 0 Å². The largest absolute Gasteiger partial charge is 0.337 e. The Labute approximate surface area is 117 Å². The summed E-state index contributed by atoms with van der Waals surface area (Å²) in [4.78, 5) is 15.7. The Kier molecular flexibility index (Phi) is 3.98. The van der Waals surface area contributed by atoms with Gasteiger partial charge >= 0.3 is 0 Å². The van der Waals surface area contributed by atoms with Crippen LogP contribution < -0.4 is 5.14 Å². The van der Waals surface area contributed by atoms with E-state index in [2.05, 4.69) is 0 Å². The molecule has 1 aromatic rings. The van der Waals surface area contributed by atoms with Gasteiger partial charge in [0.2, 0.25) is 10.0 Å². The molecule has 5 nitrogen and oxygen atoms in total. The smallest absolute Gasteiger partial charge is 0.263 e. The van der Waals surface area contributed by atoms with Crippen LogP contribution in [-0.2, 0) is 10.0 Å². The van der Waals surface area contributed by atoms with Crippen molar-refractivity contribution in [1.29, 1.82) is 0 Å². The zero-order valence-corrected chi connectivity index (χ0v) is 12.7. The number of likely N-dealkylation sites (tertiary alicyclic amines) is 1. The number of primary sulfonamides is 1. The molecule has 1 fully saturated rings. The van der Waals surface area contributed by atoms with Gasteiger partial charge in [-0.2, -0.15) is 0 Å². The van der Waals surface area contributed by atoms with Crippen LogP contribution in [0.5, 0.6) is 0 Å². The maximum Gasteiger partial charge on any atom is 0.263 e. The molecule has 2 rings (SSSR count). The molecular formula is C12H18N2O3S2. The van der Waals surface area contributed by atoms with Gasteiger partial charge in [-0.3, -0.25) is 4.79 Å². The van der Waals surface area contributed by atoms with E-state index in [0.29, 0.717) is 24.3 Å². The van der Waals surface area contributed by atoms with E-state index in [-0.39, 0.29) is 12.5 Å². The first-order chi connectivity index (χ1) is 8.79. The molecular weight excluding hydrogens is 284 g/mol. The molecule has 1 unspecified atom stereocenters. The molecule has 0 radical (unpaired) electrons. The Bertz CT molecular complexity index is 573. The summed E-state index contributed by atoms with van der Waals surface area (Å²) < 4.78 is 22.8. The maximum atomic E-state index is 12.3. The summed E-state index contributed by atoms with van der Waals surface area (Å²) in [6, 6.07) is 1.86. The predicted molar refractivity (Wildman–Crippen MR) is 75.8 cm³/mol. The van der Waals surface area contributed by atoms with Crippen molar-refractivity contribution < 1.29 is 13.2 Å². The van der Waals surface area contributed by atoms with Crippen LogP contribution in [-0.4, -0.2) is 37.6 Å². The number of carbonyl (C=O) groups is 1. The number of carbonyl (C=O) groups excluding carboxylic acids is 1. The zero-order chi connectivity index (χ0) is 14.2. The van der Waals surface area contributed by atoms with E-state index in [9.17, 15) is 13.2 Å². The number of hydrogen-bond acceptors (Lipinski definition) is 4. The van der Waals surface area contributed by atoms with Crippen LogP contribution >= 0.6 is 11.3 Å². The highest BCUT2D eigenvalue weighted by Crippen LogP contribution is 2.24. The number of rotatable bonds is 2. The van der Waals surface area contributed by atoms with Crippen LogP contribution in [0.3, 0.4) is 0 Å². The van der Waals surface area contributed by atoms with Gasteiger partial charge in [0.05, 0.1) is 10.1 Å². The van der Waals surface area contributed by atoms with Crippen molar-refractivity contribution in [2.24, 2.45) is 5.14 Å². The highest BCUT2D eigenvalue weighted by atomic mass is 32.2. The van der Waals surface area contributed by atoms with Crippen LogP contribution in [0.2, 0.25) is 0 Å². The van der Waals surface area contributed by atoms with Crippen LogP contribution in [0.4, 0.5) is 0 Å². The molecule has 1 atom stereocenters. The Morgan fingerprint density at radius 1 is 1.47 bits per heavy atom. The summed E-state index contributed by atoms with van der Waals surface area (Å²) >= 11 is 1.45. The fourth-order valence-corrected chi connectivity index (χ4v) is 4.11. The lowest BCUT2D eigenvalue weighted by molar-refractivity contribution is 0.0732. The lowest BCUT2D eigenvalue weighted by Crippen LogP contribution is -2.46. The average Bonchev–Trinajstić information content (AvgIpc) is 2.68. The Balaban J connectivity index is 2.15. The topological polar surface area (TPSA) is 80.5 Å². The number of amides is 1. The van der Waals surface area contributed by atoms with Gasteiger partial charge in [0.25, 0.3) is 5.91 Å². The molecule has 1 amide bonds. The van der Waals surface area contributed by atoms with E-state index in [1.807, 2.05) is 19.9 Å². The lowest BCUT2D eigenvalue weighted by atomic mass is 10.1. The standard InChI is InChI=1S/C12H18N2O3S2/c1-8-6-11(18-9(8)2)12(15)14-5-3-4-10(7-14)19(13,16)17/h6,10H,3-5,7H2,1-2H3,(H2,13,16,17). The van der Waals surface area contributed by atoms with Crippen molar-refractivity contribution in [2.45, 2.75) is 31.9 Å². The second-order valence-electron chi connectivity index (χ2n) is 4.95. The Morgan fingerprint density at radius 2 is 2.16 bits per heavy atom. The molecule has 1 aromatic heterocycles. The van der Waals surface area contributed by atoms with Crippen LogP contribution in [0, 0.1) is 13.8 Å². The van der Waals surface area contributed by atoms with E-state index in [1.165, 1.54) is 11.3 Å². The molecule has 1 aliphatic heterocycles. The molecule has 7 heteroatoms. The highest BCUT2D eigenvalue weighted by Gasteiger charge is 2.31. The third-order valence-electron chi connectivity index (χ3n) is 3.51. The molecule has 2 N–H and O–H groups in total. The second-order valence-corrected chi connectivity index (χ2v) is 8.06. The van der Waals surface area contributed by atoms with Gasteiger partial charge in [0.1, 0.15) is 0 Å². The van der Waals surface area contributed by atoms with Gasteiger partial charge in [0.15, 0.2) is 0 Å². The maximum absolute atomic E-state index is 12.3. The van der Waals surface area contributed by atoms with E-state index in [4.69, 9.17) is 5.14 Å². The third-order valence-corrected chi connectivity index (χ3v) is 5.96. The van der Waals surface area contributed by atoms with Gasteiger partial charge in [-0.15, -0.1) is 11.3 Å². The molecule has 1 saturated heterocycles. The SMILES string of the molecule is Cc1cc(C(=O)N2CCCC(S(N)(=O)=O)C2)sc1C. The number of thiophene rings is 1. The van der Waals surface area contributed by atoms with Crippen molar-refractivity contribution in [2.75, 3.05) is 13.1 Å². The fraction of sp³-hybridized carbons (Fsp3) is 0.583. The van der Waals surface area contributed by atoms with Gasteiger partial charge < -0.3 is 4.90 Å². The quantitative estimate of drug-likeness (QED) is 0.893. The first-order valence-corrected chi connectivity index (χ1v) is 8.59. The van der Waals surface area contributed by atoms with Gasteiger partial charge in [-0.1, -0.05) is 0 Å². The fourth-order valence-electron chi connectivity index (χ4n) is 2.23. The first-order valence-electron chi connectivity index (χ1n) is 6.17. The lowest BCUT2D eigenvalue weighted by Gasteiger charge is -2.31. The summed E-state index contributed by atoms with van der Waals surface area (Å²) in [5.74, 6) is -0.0884. The summed E-state index contributed by atoms with van der Waals surface area (Å²) in [5.41, 5.74) is 1.09. The van der Waals surface area contributed by atoms with Crippen molar-refractivity contribution >= 4 is 27.3 Å². The summed E-state index contributed by atoms with van der Waals surface area (Å²) in [6.07, 6.45) is 1.21. The zero-order valence-electron chi connectivity index (χ0n) is 11.0. The van der Waals surface area contributed by atoms with Gasteiger partial charge in [-0.05, 0) is 38.3 Å². The van der Waals surface area contributed by atoms with E-state index in [0.717, 1.165) is 10.4 Å². The monoisotopic (exact) mass is 302 g/mol. The predicted octanol–water partition coefficient (Wildman–Crippen LogP) is 1.26. The molecule has 106 valence electrons. The van der Waals surface area contributed by atoms with E-state index in [1.54, 1.807) is 4.90 Å². The average molecular weight is 302 g/mol.